The van der Waals surface area contributed by atoms with E-state index < -0.39 is 0 Å². The molecule has 1 saturated heterocycles. The van der Waals surface area contributed by atoms with Crippen LogP contribution in [-0.4, -0.2) is 37.6 Å². The average Bonchev–Trinajstić information content (AvgIpc) is 2.45. The van der Waals surface area contributed by atoms with Crippen molar-refractivity contribution >= 4 is 5.97 Å². The zero-order valence-electron chi connectivity index (χ0n) is 9.62. The summed E-state index contributed by atoms with van der Waals surface area (Å²) in [6.07, 6.45) is 2.23. The molecule has 14 heavy (non-hydrogen) atoms. The second-order valence-corrected chi connectivity index (χ2v) is 4.63. The first-order valence-electron chi connectivity index (χ1n) is 5.34. The number of carbonyl (C=O) groups excluding carboxylic acids is 1. The van der Waals surface area contributed by atoms with Crippen LogP contribution in [0.25, 0.3) is 0 Å². The molecule has 1 aliphatic rings. The molecule has 0 aromatic heterocycles. The second kappa shape index (κ2) is 4.78. The molecule has 1 rings (SSSR count). The van der Waals surface area contributed by atoms with Crippen molar-refractivity contribution < 1.29 is 9.53 Å². The van der Waals surface area contributed by atoms with Crippen LogP contribution in [0.15, 0.2) is 0 Å². The van der Waals surface area contributed by atoms with Crippen molar-refractivity contribution in [3.63, 3.8) is 0 Å². The Labute approximate surface area is 86.4 Å². The van der Waals surface area contributed by atoms with Crippen LogP contribution in [0, 0.1) is 11.8 Å². The SMILES string of the molecule is COC(=O)[C@@H]1[C@@H](CC(C)C)CCN1C. The van der Waals surface area contributed by atoms with Crippen molar-refractivity contribution in [2.45, 2.75) is 32.7 Å². The Kier molecular flexibility index (Phi) is 3.93. The van der Waals surface area contributed by atoms with Gasteiger partial charge in [0.25, 0.3) is 0 Å². The third kappa shape index (κ3) is 2.47. The molecule has 0 aliphatic carbocycles. The molecular formula is C11H21NO2. The number of likely N-dealkylation sites (tertiary alicyclic amines) is 1. The molecule has 82 valence electrons. The van der Waals surface area contributed by atoms with Crippen molar-refractivity contribution in [1.29, 1.82) is 0 Å². The highest BCUT2D eigenvalue weighted by molar-refractivity contribution is 5.76. The van der Waals surface area contributed by atoms with Gasteiger partial charge in [-0.2, -0.15) is 0 Å². The van der Waals surface area contributed by atoms with Crippen molar-refractivity contribution in [2.75, 3.05) is 20.7 Å². The van der Waals surface area contributed by atoms with Gasteiger partial charge in [-0.05, 0) is 38.3 Å². The van der Waals surface area contributed by atoms with Gasteiger partial charge in [-0.3, -0.25) is 9.69 Å². The monoisotopic (exact) mass is 199 g/mol. The molecule has 0 aromatic rings. The summed E-state index contributed by atoms with van der Waals surface area (Å²) in [7, 11) is 3.48. The van der Waals surface area contributed by atoms with E-state index in [0.29, 0.717) is 11.8 Å². The Morgan fingerprint density at radius 1 is 1.57 bits per heavy atom. The fourth-order valence-electron chi connectivity index (χ4n) is 2.37. The molecule has 0 N–H and O–H groups in total. The van der Waals surface area contributed by atoms with Gasteiger partial charge in [0.05, 0.1) is 7.11 Å². The molecule has 0 saturated carbocycles. The van der Waals surface area contributed by atoms with E-state index in [1.807, 2.05) is 7.05 Å². The summed E-state index contributed by atoms with van der Waals surface area (Å²) in [5.41, 5.74) is 0. The van der Waals surface area contributed by atoms with Crippen LogP contribution < -0.4 is 0 Å². The van der Waals surface area contributed by atoms with E-state index in [0.717, 1.165) is 19.4 Å². The molecule has 3 heteroatoms. The fraction of sp³-hybridized carbons (Fsp3) is 0.909. The van der Waals surface area contributed by atoms with Gasteiger partial charge < -0.3 is 4.74 Å². The van der Waals surface area contributed by atoms with Crippen LogP contribution in [0.1, 0.15) is 26.7 Å². The zero-order valence-corrected chi connectivity index (χ0v) is 9.62. The molecule has 2 atom stereocenters. The van der Waals surface area contributed by atoms with Crippen molar-refractivity contribution in [1.82, 2.24) is 4.90 Å². The number of carbonyl (C=O) groups is 1. The minimum Gasteiger partial charge on any atom is -0.468 e. The van der Waals surface area contributed by atoms with Crippen molar-refractivity contribution in [3.05, 3.63) is 0 Å². The molecule has 1 heterocycles. The first-order chi connectivity index (χ1) is 6.56. The minimum absolute atomic E-state index is 0.0117. The van der Waals surface area contributed by atoms with Crippen LogP contribution >= 0.6 is 0 Å². The Hall–Kier alpha value is -0.570. The molecule has 0 amide bonds. The number of hydrogen-bond acceptors (Lipinski definition) is 3. The van der Waals surface area contributed by atoms with Gasteiger partial charge in [0, 0.05) is 0 Å². The fourth-order valence-corrected chi connectivity index (χ4v) is 2.37. The standard InChI is InChI=1S/C11H21NO2/c1-8(2)7-9-5-6-12(3)10(9)11(13)14-4/h8-10H,5-7H2,1-4H3/t9-,10+/m1/s1. The summed E-state index contributed by atoms with van der Waals surface area (Å²) in [6.45, 7) is 5.41. The van der Waals surface area contributed by atoms with E-state index in [1.54, 1.807) is 0 Å². The molecule has 1 aliphatic heterocycles. The molecular weight excluding hydrogens is 178 g/mol. The van der Waals surface area contributed by atoms with Gasteiger partial charge in [0.2, 0.25) is 0 Å². The molecule has 0 spiro atoms. The van der Waals surface area contributed by atoms with Gasteiger partial charge in [0.1, 0.15) is 6.04 Å². The van der Waals surface area contributed by atoms with E-state index in [-0.39, 0.29) is 12.0 Å². The smallest absolute Gasteiger partial charge is 0.323 e. The Morgan fingerprint density at radius 2 is 2.21 bits per heavy atom. The zero-order chi connectivity index (χ0) is 10.7. The minimum atomic E-state index is -0.0735. The number of methoxy groups -OCH3 is 1. The Bertz CT molecular complexity index is 203. The van der Waals surface area contributed by atoms with Crippen LogP contribution in [0.3, 0.4) is 0 Å². The van der Waals surface area contributed by atoms with Crippen LogP contribution in [0.2, 0.25) is 0 Å². The van der Waals surface area contributed by atoms with E-state index in [2.05, 4.69) is 18.7 Å². The summed E-state index contributed by atoms with van der Waals surface area (Å²) in [5.74, 6) is 1.06. The normalized spacial score (nSPS) is 28.4. The van der Waals surface area contributed by atoms with Gasteiger partial charge in [-0.15, -0.1) is 0 Å². The molecule has 1 fully saturated rings. The molecule has 0 radical (unpaired) electrons. The number of likely N-dealkylation sites (N-methyl/N-ethyl adjacent to an activating group) is 1. The van der Waals surface area contributed by atoms with Crippen molar-refractivity contribution in [2.24, 2.45) is 11.8 Å². The van der Waals surface area contributed by atoms with Gasteiger partial charge >= 0.3 is 5.97 Å². The lowest BCUT2D eigenvalue weighted by atomic mass is 9.91. The highest BCUT2D eigenvalue weighted by Gasteiger charge is 2.37. The second-order valence-electron chi connectivity index (χ2n) is 4.63. The van der Waals surface area contributed by atoms with E-state index in [1.165, 1.54) is 7.11 Å². The maximum atomic E-state index is 11.6. The molecule has 0 unspecified atom stereocenters. The lowest BCUT2D eigenvalue weighted by Gasteiger charge is -2.23. The van der Waals surface area contributed by atoms with Crippen LogP contribution in [0.4, 0.5) is 0 Å². The summed E-state index contributed by atoms with van der Waals surface area (Å²) >= 11 is 0. The van der Waals surface area contributed by atoms with E-state index >= 15 is 0 Å². The maximum Gasteiger partial charge on any atom is 0.323 e. The number of nitrogens with zero attached hydrogens (tertiary/aromatic N) is 1. The number of esters is 1. The summed E-state index contributed by atoms with van der Waals surface area (Å²) in [4.78, 5) is 13.7. The van der Waals surface area contributed by atoms with Gasteiger partial charge in [-0.25, -0.2) is 0 Å². The predicted molar refractivity (Wildman–Crippen MR) is 56.0 cm³/mol. The topological polar surface area (TPSA) is 29.5 Å². The summed E-state index contributed by atoms with van der Waals surface area (Å²) in [6, 6.07) is -0.0117. The van der Waals surface area contributed by atoms with E-state index in [4.69, 9.17) is 4.74 Å². The summed E-state index contributed by atoms with van der Waals surface area (Å²) in [5, 5.41) is 0. The van der Waals surface area contributed by atoms with E-state index in [9.17, 15) is 4.79 Å². The first kappa shape index (κ1) is 11.5. The average molecular weight is 199 g/mol. The number of hydrogen-bond donors (Lipinski definition) is 0. The number of ether oxygens (including phenoxy) is 1. The highest BCUT2D eigenvalue weighted by Crippen LogP contribution is 2.29. The Balaban J connectivity index is 2.61. The first-order valence-corrected chi connectivity index (χ1v) is 5.34. The quantitative estimate of drug-likeness (QED) is 0.645. The largest absolute Gasteiger partial charge is 0.468 e. The third-order valence-electron chi connectivity index (χ3n) is 2.99. The van der Waals surface area contributed by atoms with Crippen LogP contribution in [0.5, 0.6) is 0 Å². The summed E-state index contributed by atoms with van der Waals surface area (Å²) < 4.78 is 4.84. The van der Waals surface area contributed by atoms with Gasteiger partial charge in [0.15, 0.2) is 0 Å². The third-order valence-corrected chi connectivity index (χ3v) is 2.99. The van der Waals surface area contributed by atoms with Crippen molar-refractivity contribution in [3.8, 4) is 0 Å². The van der Waals surface area contributed by atoms with Gasteiger partial charge in [-0.1, -0.05) is 13.8 Å². The molecule has 0 bridgehead atoms. The van der Waals surface area contributed by atoms with Crippen LogP contribution in [-0.2, 0) is 9.53 Å². The molecule has 0 aromatic carbocycles. The molecule has 3 nitrogen and oxygen atoms in total. The predicted octanol–water partition coefficient (Wildman–Crippen LogP) is 1.53. The highest BCUT2D eigenvalue weighted by atomic mass is 16.5. The lowest BCUT2D eigenvalue weighted by molar-refractivity contribution is -0.146. The lowest BCUT2D eigenvalue weighted by Crippen LogP contribution is -2.38. The maximum absolute atomic E-state index is 11.6. The Morgan fingerprint density at radius 3 is 2.71 bits per heavy atom. The number of rotatable bonds is 3.